The molecular weight excluding hydrogens is 215 g/mol. The average Bonchev–Trinajstić information content (AvgIpc) is 1.86. The van der Waals surface area contributed by atoms with E-state index in [4.69, 9.17) is 34.3 Å². The Bertz CT molecular complexity index is 127. The van der Waals surface area contributed by atoms with E-state index < -0.39 is 17.9 Å². The van der Waals surface area contributed by atoms with Gasteiger partial charge in [0.15, 0.2) is 0 Å². The third kappa shape index (κ3) is 428. The Morgan fingerprint density at radius 1 is 0.714 bits per heavy atom. The van der Waals surface area contributed by atoms with Crippen molar-refractivity contribution in [1.82, 2.24) is 0 Å². The summed E-state index contributed by atoms with van der Waals surface area (Å²) in [4.78, 5) is 27.0. The van der Waals surface area contributed by atoms with E-state index in [2.05, 4.69) is 9.12 Å². The molecule has 0 spiro atoms. The fourth-order valence-corrected chi connectivity index (χ4v) is 0. The number of carbonyl (C=O) groups is 3. The van der Waals surface area contributed by atoms with Gasteiger partial charge in [-0.15, -0.1) is 0 Å². The van der Waals surface area contributed by atoms with Gasteiger partial charge in [-0.1, -0.05) is 0 Å². The van der Waals surface area contributed by atoms with Crippen LogP contribution >= 0.6 is 9.12 Å². The Kier molecular flexibility index (Phi) is 36.8. The summed E-state index contributed by atoms with van der Waals surface area (Å²) in [7, 11) is 2.28. The second kappa shape index (κ2) is 22.5. The van der Waals surface area contributed by atoms with E-state index in [9.17, 15) is 0 Å². The second-order valence-electron chi connectivity index (χ2n) is 1.56. The molecule has 83 valence electrons. The molecule has 0 heterocycles. The van der Waals surface area contributed by atoms with Crippen molar-refractivity contribution in [3.63, 3.8) is 0 Å². The monoisotopic (exact) mass is 227 g/mol. The predicted octanol–water partition coefficient (Wildman–Crippen LogP) is 1.02. The minimum atomic E-state index is -0.833. The molecule has 0 aliphatic carbocycles. The van der Waals surface area contributed by atoms with E-state index in [0.29, 0.717) is 0 Å². The van der Waals surface area contributed by atoms with E-state index in [0.717, 1.165) is 20.8 Å². The summed E-state index contributed by atoms with van der Waals surface area (Å²) in [5.74, 6) is -2.50. The van der Waals surface area contributed by atoms with Crippen molar-refractivity contribution in [2.75, 3.05) is 0 Å². The van der Waals surface area contributed by atoms with Gasteiger partial charge in [0, 0.05) is 20.8 Å². The van der Waals surface area contributed by atoms with E-state index in [1.54, 1.807) is 0 Å². The highest BCUT2D eigenvalue weighted by Gasteiger charge is 1.66. The Hall–Kier alpha value is -1.49. The maximum atomic E-state index is 9.00. The molecule has 0 saturated carbocycles. The Morgan fingerprint density at radius 3 is 0.714 bits per heavy atom. The molecule has 0 aromatic heterocycles. The normalized spacial score (nSPS) is 5.64. The van der Waals surface area contributed by atoms with Crippen LogP contribution in [0.3, 0.4) is 0 Å². The van der Waals surface area contributed by atoms with Crippen LogP contribution in [0, 0.1) is 0 Å². The average molecular weight is 227 g/mol. The lowest BCUT2D eigenvalue weighted by molar-refractivity contribution is -0.135. The first-order valence-corrected chi connectivity index (χ1v) is 3.33. The zero-order valence-corrected chi connectivity index (χ0v) is 8.82. The van der Waals surface area contributed by atoms with Crippen molar-refractivity contribution in [3.05, 3.63) is 0 Å². The first-order chi connectivity index (χ1) is 6.20. The molecule has 1 radical (unpaired) electrons. The molecule has 0 aromatic rings. The molecule has 3 N–H and O–H groups in total. The highest BCUT2D eigenvalue weighted by atomic mass is 31.0. The maximum absolute atomic E-state index is 9.00. The molecule has 0 atom stereocenters. The van der Waals surface area contributed by atoms with E-state index in [-0.39, 0.29) is 0 Å². The van der Waals surface area contributed by atoms with Crippen LogP contribution in [0.15, 0.2) is 0 Å². The van der Waals surface area contributed by atoms with Gasteiger partial charge in [0.25, 0.3) is 27.0 Å². The van der Waals surface area contributed by atoms with Gasteiger partial charge < -0.3 is 15.3 Å². The van der Waals surface area contributed by atoms with Crippen LogP contribution in [-0.4, -0.2) is 33.2 Å². The van der Waals surface area contributed by atoms with Crippen LogP contribution in [0.1, 0.15) is 20.8 Å². The van der Waals surface area contributed by atoms with Gasteiger partial charge in [-0.2, -0.15) is 0 Å². The molecule has 14 heavy (non-hydrogen) atoms. The third-order valence-electron chi connectivity index (χ3n) is 0. The fourth-order valence-electron chi connectivity index (χ4n) is 0. The molecule has 0 aliphatic heterocycles. The summed E-state index contributed by atoms with van der Waals surface area (Å²) in [6.45, 7) is 3.25. The summed E-state index contributed by atoms with van der Waals surface area (Å²) in [6.07, 6.45) is 0. The Morgan fingerprint density at radius 2 is 0.714 bits per heavy atom. The quantitative estimate of drug-likeness (QED) is 0.526. The van der Waals surface area contributed by atoms with Gasteiger partial charge in [-0.05, 0) is 0 Å². The minimum absolute atomic E-state index is 0.833. The number of rotatable bonds is 0. The lowest BCUT2D eigenvalue weighted by Crippen LogP contribution is -1.78. The van der Waals surface area contributed by atoms with Crippen molar-refractivity contribution in [2.24, 2.45) is 0 Å². The largest absolute Gasteiger partial charge is 0.481 e. The summed E-state index contributed by atoms with van der Waals surface area (Å²) >= 11 is 0. The van der Waals surface area contributed by atoms with E-state index >= 15 is 0 Å². The molecule has 8 heteroatoms. The molecule has 0 fully saturated rings. The lowest BCUT2D eigenvalue weighted by atomic mass is 10.9. The second-order valence-corrected chi connectivity index (χ2v) is 1.56. The van der Waals surface area contributed by atoms with Crippen LogP contribution in [0.25, 0.3) is 0 Å². The van der Waals surface area contributed by atoms with Gasteiger partial charge >= 0.3 is 0 Å². The predicted molar refractivity (Wildman–Crippen MR) is 47.5 cm³/mol. The van der Waals surface area contributed by atoms with Crippen LogP contribution in [0.2, 0.25) is 0 Å². The lowest BCUT2D eigenvalue weighted by Gasteiger charge is -1.59. The molecule has 7 nitrogen and oxygen atoms in total. The molecule has 0 bridgehead atoms. The molecule has 0 rings (SSSR count). The van der Waals surface area contributed by atoms with Gasteiger partial charge in [0.05, 0.1) is 0 Å². The van der Waals surface area contributed by atoms with Crippen LogP contribution < -0.4 is 0 Å². The third-order valence-corrected chi connectivity index (χ3v) is 0. The van der Waals surface area contributed by atoms with E-state index in [1.807, 2.05) is 0 Å². The summed E-state index contributed by atoms with van der Waals surface area (Å²) in [5, 5.41) is 22.2. The van der Waals surface area contributed by atoms with Crippen molar-refractivity contribution in [2.45, 2.75) is 20.8 Å². The highest BCUT2D eigenvalue weighted by molar-refractivity contribution is 7.00. The smallest absolute Gasteiger partial charge is 0.300 e. The summed E-state index contributed by atoms with van der Waals surface area (Å²) in [6, 6.07) is 0. The number of hydrogen-bond donors (Lipinski definition) is 3. The van der Waals surface area contributed by atoms with Crippen molar-refractivity contribution in [3.8, 4) is 0 Å². The van der Waals surface area contributed by atoms with Gasteiger partial charge in [0.2, 0.25) is 0 Å². The zero-order chi connectivity index (χ0) is 12.7. The Balaban J connectivity index is -0.0000000492. The van der Waals surface area contributed by atoms with Crippen molar-refractivity contribution in [1.29, 1.82) is 0 Å². The van der Waals surface area contributed by atoms with Gasteiger partial charge in [-0.3, -0.25) is 18.9 Å². The summed E-state index contributed by atoms with van der Waals surface area (Å²) < 4.78 is 7.94. The fraction of sp³-hybridized carbons (Fsp3) is 0.500. The van der Waals surface area contributed by atoms with Crippen molar-refractivity contribution >= 4 is 27.0 Å². The molecule has 0 unspecified atom stereocenters. The molecule has 0 saturated heterocycles. The molecule has 0 aromatic carbocycles. The number of aliphatic carboxylic acids is 3. The van der Waals surface area contributed by atoms with Gasteiger partial charge in [0.1, 0.15) is 0 Å². The summed E-state index contributed by atoms with van der Waals surface area (Å²) in [5.41, 5.74) is 0. The van der Waals surface area contributed by atoms with E-state index in [1.165, 1.54) is 0 Å². The van der Waals surface area contributed by atoms with Crippen molar-refractivity contribution < 1.29 is 34.3 Å². The molecular formula is C6H12O7P. The number of hydrogen-bond acceptors (Lipinski definition) is 4. The number of carboxylic acid groups (broad SMARTS) is 3. The van der Waals surface area contributed by atoms with Crippen LogP contribution in [0.4, 0.5) is 0 Å². The standard InChI is InChI=1S/3C2H4O2.OP/c3*1-2(3)4;1-2/h3*1H3,(H,3,4);. The minimum Gasteiger partial charge on any atom is -0.481 e. The first kappa shape index (κ1) is 22.9. The maximum Gasteiger partial charge on any atom is 0.300 e. The molecule has 0 aliphatic rings. The Labute approximate surface area is 83.0 Å². The topological polar surface area (TPSA) is 129 Å². The first-order valence-electron chi connectivity index (χ1n) is 2.97. The highest BCUT2D eigenvalue weighted by Crippen LogP contribution is 1.42. The van der Waals surface area contributed by atoms with Crippen LogP contribution in [-0.2, 0) is 18.9 Å². The number of carboxylic acids is 3. The zero-order valence-electron chi connectivity index (χ0n) is 7.92. The molecule has 0 amide bonds. The SMILES string of the molecule is CC(=O)O.CC(=O)O.CC(=O)O.O=[P]. The van der Waals surface area contributed by atoms with Crippen LogP contribution in [0.5, 0.6) is 0 Å². The van der Waals surface area contributed by atoms with Gasteiger partial charge in [-0.25, -0.2) is 0 Å².